The van der Waals surface area contributed by atoms with Crippen LogP contribution in [0.1, 0.15) is 31.2 Å². The third-order valence-corrected chi connectivity index (χ3v) is 9.07. The van der Waals surface area contributed by atoms with Crippen molar-refractivity contribution in [3.05, 3.63) is 47.5 Å². The van der Waals surface area contributed by atoms with E-state index < -0.39 is 11.7 Å². The zero-order valence-electron chi connectivity index (χ0n) is 23.1. The second kappa shape index (κ2) is 10.6. The molecule has 1 aromatic carbocycles. The fourth-order valence-corrected chi connectivity index (χ4v) is 6.33. The molecule has 0 radical (unpaired) electrons. The predicted molar refractivity (Wildman–Crippen MR) is 154 cm³/mol. The SMILES string of the molecule is C=CC(=O)N1CCN(c2nc(OCC3CCC4(CC4)N3C)nc3cc(-c4nc(N)ccc4C(F)(F)F)c(Cl)cc23)CC1. The molecule has 6 rings (SSSR count). The molecule has 2 N–H and O–H groups in total. The molecule has 2 saturated heterocycles. The number of halogens is 4. The highest BCUT2D eigenvalue weighted by atomic mass is 35.5. The van der Waals surface area contributed by atoms with Gasteiger partial charge in [0, 0.05) is 48.7 Å². The summed E-state index contributed by atoms with van der Waals surface area (Å²) in [6.45, 7) is 5.82. The number of anilines is 2. The number of carbonyl (C=O) groups is 1. The van der Waals surface area contributed by atoms with Crippen LogP contribution in [0.5, 0.6) is 6.01 Å². The second-order valence-corrected chi connectivity index (χ2v) is 11.6. The molecule has 3 fully saturated rings. The van der Waals surface area contributed by atoms with Crippen LogP contribution >= 0.6 is 11.6 Å². The molecule has 1 aliphatic carbocycles. The molecular weight excluding hydrogens is 571 g/mol. The van der Waals surface area contributed by atoms with Gasteiger partial charge in [-0.05, 0) is 63.1 Å². The van der Waals surface area contributed by atoms with Crippen LogP contribution in [0.25, 0.3) is 22.2 Å². The molecule has 42 heavy (non-hydrogen) atoms. The van der Waals surface area contributed by atoms with Crippen LogP contribution in [0.3, 0.4) is 0 Å². The number of nitrogen functional groups attached to an aromatic ring is 1. The minimum absolute atomic E-state index is 0.0481. The van der Waals surface area contributed by atoms with E-state index in [1.165, 1.54) is 25.0 Å². The first kappa shape index (κ1) is 28.5. The van der Waals surface area contributed by atoms with Crippen molar-refractivity contribution in [1.82, 2.24) is 24.8 Å². The summed E-state index contributed by atoms with van der Waals surface area (Å²) in [6.07, 6.45) is 1.14. The Kier molecular flexibility index (Phi) is 7.17. The smallest absolute Gasteiger partial charge is 0.418 e. The van der Waals surface area contributed by atoms with Gasteiger partial charge < -0.3 is 20.3 Å². The number of benzene rings is 1. The Balaban J connectivity index is 1.40. The summed E-state index contributed by atoms with van der Waals surface area (Å²) in [4.78, 5) is 31.6. The zero-order valence-corrected chi connectivity index (χ0v) is 23.9. The van der Waals surface area contributed by atoms with E-state index in [-0.39, 0.29) is 40.1 Å². The molecule has 1 spiro atoms. The van der Waals surface area contributed by atoms with E-state index in [0.717, 1.165) is 25.0 Å². The highest BCUT2D eigenvalue weighted by molar-refractivity contribution is 6.34. The summed E-state index contributed by atoms with van der Waals surface area (Å²) < 4.78 is 47.9. The van der Waals surface area contributed by atoms with Gasteiger partial charge in [-0.25, -0.2) is 4.98 Å². The van der Waals surface area contributed by atoms with Gasteiger partial charge in [0.2, 0.25) is 5.91 Å². The fraction of sp³-hybridized carbons (Fsp3) is 0.448. The van der Waals surface area contributed by atoms with Crippen LogP contribution in [-0.2, 0) is 11.0 Å². The van der Waals surface area contributed by atoms with E-state index in [1.54, 1.807) is 11.0 Å². The largest absolute Gasteiger partial charge is 0.462 e. The van der Waals surface area contributed by atoms with Crippen LogP contribution in [0.4, 0.5) is 24.8 Å². The first-order chi connectivity index (χ1) is 20.0. The quantitative estimate of drug-likeness (QED) is 0.403. The van der Waals surface area contributed by atoms with Gasteiger partial charge in [-0.1, -0.05) is 18.2 Å². The Hall–Kier alpha value is -3.64. The standard InChI is InChI=1S/C29H31ClF3N7O2/c1-3-24(41)39-10-12-40(13-11-39)26-19-14-21(30)18(25-20(29(31,32)33)4-5-23(34)36-25)15-22(19)35-27(37-26)42-16-17-6-7-28(8-9-28)38(17)2/h3-5,14-15,17H,1,6-13,16H2,2H3,(H2,34,36). The second-order valence-electron chi connectivity index (χ2n) is 11.2. The topological polar surface area (TPSA) is 101 Å². The van der Waals surface area contributed by atoms with Crippen molar-refractivity contribution in [2.24, 2.45) is 0 Å². The van der Waals surface area contributed by atoms with Gasteiger partial charge in [0.25, 0.3) is 0 Å². The summed E-state index contributed by atoms with van der Waals surface area (Å²) in [5.74, 6) is 0.315. The highest BCUT2D eigenvalue weighted by Crippen LogP contribution is 2.51. The molecule has 1 atom stereocenters. The average Bonchev–Trinajstić information content (AvgIpc) is 3.69. The number of pyridine rings is 1. The molecule has 0 bridgehead atoms. The van der Waals surface area contributed by atoms with Gasteiger partial charge >= 0.3 is 12.2 Å². The number of ether oxygens (including phenoxy) is 1. The van der Waals surface area contributed by atoms with Gasteiger partial charge in [-0.3, -0.25) is 9.69 Å². The zero-order chi connectivity index (χ0) is 29.8. The number of rotatable bonds is 6. The van der Waals surface area contributed by atoms with Gasteiger partial charge in [0.1, 0.15) is 18.2 Å². The van der Waals surface area contributed by atoms with Crippen molar-refractivity contribution in [2.75, 3.05) is 50.5 Å². The number of hydrogen-bond donors (Lipinski definition) is 1. The number of hydrogen-bond acceptors (Lipinski definition) is 8. The molecule has 9 nitrogen and oxygen atoms in total. The molecule has 2 aliphatic heterocycles. The van der Waals surface area contributed by atoms with Gasteiger partial charge in [0.05, 0.1) is 21.8 Å². The average molecular weight is 602 g/mol. The van der Waals surface area contributed by atoms with Crippen molar-refractivity contribution in [2.45, 2.75) is 43.4 Å². The Morgan fingerprint density at radius 1 is 1.17 bits per heavy atom. The van der Waals surface area contributed by atoms with Crippen LogP contribution in [-0.4, -0.2) is 82.1 Å². The molecule has 222 valence electrons. The van der Waals surface area contributed by atoms with Crippen LogP contribution in [0.15, 0.2) is 36.9 Å². The van der Waals surface area contributed by atoms with Gasteiger partial charge in [0.15, 0.2) is 0 Å². The van der Waals surface area contributed by atoms with Crippen LogP contribution in [0, 0.1) is 0 Å². The van der Waals surface area contributed by atoms with Crippen molar-refractivity contribution in [3.8, 4) is 17.3 Å². The maximum Gasteiger partial charge on any atom is 0.418 e. The molecule has 1 unspecified atom stereocenters. The monoisotopic (exact) mass is 601 g/mol. The van der Waals surface area contributed by atoms with Crippen molar-refractivity contribution in [3.63, 3.8) is 0 Å². The highest BCUT2D eigenvalue weighted by Gasteiger charge is 2.52. The fourth-order valence-electron chi connectivity index (χ4n) is 6.08. The molecule has 1 saturated carbocycles. The van der Waals surface area contributed by atoms with Gasteiger partial charge in [-0.2, -0.15) is 23.1 Å². The van der Waals surface area contributed by atoms with E-state index in [1.807, 2.05) is 4.90 Å². The number of alkyl halides is 3. The Morgan fingerprint density at radius 2 is 1.90 bits per heavy atom. The number of fused-ring (bicyclic) bond motifs is 1. The number of carbonyl (C=O) groups excluding carboxylic acids is 1. The third kappa shape index (κ3) is 5.22. The summed E-state index contributed by atoms with van der Waals surface area (Å²) >= 11 is 6.62. The lowest BCUT2D eigenvalue weighted by Crippen LogP contribution is -2.48. The summed E-state index contributed by atoms with van der Waals surface area (Å²) in [7, 11) is 2.12. The maximum absolute atomic E-state index is 13.9. The molecule has 4 heterocycles. The number of piperazine rings is 1. The van der Waals surface area contributed by atoms with Crippen LogP contribution < -0.4 is 15.4 Å². The van der Waals surface area contributed by atoms with Crippen molar-refractivity contribution in [1.29, 1.82) is 0 Å². The minimum Gasteiger partial charge on any atom is -0.462 e. The number of likely N-dealkylation sites (tertiary alicyclic amines) is 1. The third-order valence-electron chi connectivity index (χ3n) is 8.76. The van der Waals surface area contributed by atoms with E-state index >= 15 is 0 Å². The molecule has 1 amide bonds. The van der Waals surface area contributed by atoms with E-state index in [4.69, 9.17) is 27.1 Å². The number of nitrogens with zero attached hydrogens (tertiary/aromatic N) is 6. The Bertz CT molecular complexity index is 1550. The van der Waals surface area contributed by atoms with Crippen molar-refractivity contribution < 1.29 is 22.7 Å². The number of amides is 1. The minimum atomic E-state index is -4.67. The molecule has 2 aromatic heterocycles. The number of nitrogens with two attached hydrogens (primary N) is 1. The predicted octanol–water partition coefficient (Wildman–Crippen LogP) is 4.79. The van der Waals surface area contributed by atoms with Gasteiger partial charge in [-0.15, -0.1) is 0 Å². The lowest BCUT2D eigenvalue weighted by Gasteiger charge is -2.35. The first-order valence-electron chi connectivity index (χ1n) is 13.9. The number of likely N-dealkylation sites (N-methyl/N-ethyl adjacent to an activating group) is 1. The lowest BCUT2D eigenvalue weighted by atomic mass is 10.0. The summed E-state index contributed by atoms with van der Waals surface area (Å²) in [5, 5.41) is 0.597. The lowest BCUT2D eigenvalue weighted by molar-refractivity contribution is -0.137. The molecule has 13 heteroatoms. The van der Waals surface area contributed by atoms with Crippen LogP contribution in [0.2, 0.25) is 5.02 Å². The summed E-state index contributed by atoms with van der Waals surface area (Å²) in [5.41, 5.74) is 5.14. The first-order valence-corrected chi connectivity index (χ1v) is 14.2. The van der Waals surface area contributed by atoms with E-state index in [9.17, 15) is 18.0 Å². The van der Waals surface area contributed by atoms with E-state index in [2.05, 4.69) is 28.5 Å². The number of aromatic nitrogens is 3. The normalized spacial score (nSPS) is 20.4. The molecule has 3 aromatic rings. The molecular formula is C29H31ClF3N7O2. The Morgan fingerprint density at radius 3 is 2.55 bits per heavy atom. The summed E-state index contributed by atoms with van der Waals surface area (Å²) in [6, 6.07) is 5.38. The Labute approximate surface area is 246 Å². The molecule has 3 aliphatic rings. The maximum atomic E-state index is 13.9. The van der Waals surface area contributed by atoms with Crippen molar-refractivity contribution >= 4 is 40.0 Å². The van der Waals surface area contributed by atoms with E-state index in [0.29, 0.717) is 55.0 Å².